The van der Waals surface area contributed by atoms with Crippen LogP contribution in [0.15, 0.2) is 18.2 Å². The van der Waals surface area contributed by atoms with Gasteiger partial charge in [0, 0.05) is 25.1 Å². The lowest BCUT2D eigenvalue weighted by atomic mass is 9.82. The van der Waals surface area contributed by atoms with Crippen molar-refractivity contribution in [2.24, 2.45) is 5.73 Å². The predicted molar refractivity (Wildman–Crippen MR) is 78.7 cm³/mol. The Labute approximate surface area is 124 Å². The Morgan fingerprint density at radius 1 is 1.24 bits per heavy atom. The number of hydrogen-bond donors (Lipinski definition) is 1. The minimum Gasteiger partial charge on any atom is -0.497 e. The van der Waals surface area contributed by atoms with Crippen molar-refractivity contribution in [3.63, 3.8) is 0 Å². The van der Waals surface area contributed by atoms with Crippen LogP contribution in [0.5, 0.6) is 11.5 Å². The Bertz CT molecular complexity index is 512. The average molecular weight is 294 g/mol. The number of carbonyl (C=O) groups is 1. The lowest BCUT2D eigenvalue weighted by Gasteiger charge is -2.28. The van der Waals surface area contributed by atoms with Crippen molar-refractivity contribution in [1.29, 1.82) is 0 Å². The van der Waals surface area contributed by atoms with Gasteiger partial charge in [-0.05, 0) is 24.7 Å². The van der Waals surface area contributed by atoms with Gasteiger partial charge >= 0.3 is 5.97 Å². The first-order valence-corrected chi connectivity index (χ1v) is 6.73. The number of esters is 1. The zero-order valence-corrected chi connectivity index (χ0v) is 12.9. The predicted octanol–water partition coefficient (Wildman–Crippen LogP) is 0.603. The summed E-state index contributed by atoms with van der Waals surface area (Å²) in [6.07, 6.45) is 0. The molecule has 1 aliphatic heterocycles. The van der Waals surface area contributed by atoms with Gasteiger partial charge in [-0.2, -0.15) is 0 Å². The number of likely N-dealkylation sites (N-methyl/N-ethyl adjacent to an activating group) is 1. The summed E-state index contributed by atoms with van der Waals surface area (Å²) in [5.74, 6) is 0.759. The highest BCUT2D eigenvalue weighted by atomic mass is 16.5. The van der Waals surface area contributed by atoms with Gasteiger partial charge < -0.3 is 24.8 Å². The van der Waals surface area contributed by atoms with Crippen LogP contribution in [-0.4, -0.2) is 57.9 Å². The van der Waals surface area contributed by atoms with E-state index in [9.17, 15) is 4.79 Å². The smallest absolute Gasteiger partial charge is 0.327 e. The second-order valence-electron chi connectivity index (χ2n) is 5.43. The van der Waals surface area contributed by atoms with Crippen molar-refractivity contribution in [2.45, 2.75) is 11.5 Å². The number of nitrogens with zero attached hydrogens (tertiary/aromatic N) is 1. The highest BCUT2D eigenvalue weighted by molar-refractivity contribution is 5.83. The van der Waals surface area contributed by atoms with Gasteiger partial charge in [0.05, 0.1) is 21.3 Å². The summed E-state index contributed by atoms with van der Waals surface area (Å²) >= 11 is 0. The monoisotopic (exact) mass is 294 g/mol. The standard InChI is InChI=1S/C15H22N2O4/c1-17-8-13(15(16,9-17)14(18)21-4)10-5-11(19-2)7-12(6-10)20-3/h5-7,13H,8-9,16H2,1-4H3/t13-,15+/m0/s1. The summed E-state index contributed by atoms with van der Waals surface area (Å²) in [6.45, 7) is 1.12. The van der Waals surface area contributed by atoms with Gasteiger partial charge in [-0.15, -0.1) is 0 Å². The molecule has 1 heterocycles. The Kier molecular flexibility index (Phi) is 4.39. The highest BCUT2D eigenvalue weighted by Gasteiger charge is 2.50. The van der Waals surface area contributed by atoms with E-state index in [1.54, 1.807) is 20.3 Å². The molecular formula is C15H22N2O4. The van der Waals surface area contributed by atoms with Gasteiger partial charge in [0.15, 0.2) is 0 Å². The fourth-order valence-electron chi connectivity index (χ4n) is 2.93. The lowest BCUT2D eigenvalue weighted by Crippen LogP contribution is -2.54. The van der Waals surface area contributed by atoms with Crippen molar-refractivity contribution >= 4 is 5.97 Å². The molecule has 1 aliphatic rings. The first-order valence-electron chi connectivity index (χ1n) is 6.73. The van der Waals surface area contributed by atoms with E-state index in [4.69, 9.17) is 19.9 Å². The molecule has 2 rings (SSSR count). The molecule has 21 heavy (non-hydrogen) atoms. The minimum absolute atomic E-state index is 0.182. The third-order valence-corrected chi connectivity index (χ3v) is 3.99. The van der Waals surface area contributed by atoms with Gasteiger partial charge in [-0.25, -0.2) is 4.79 Å². The van der Waals surface area contributed by atoms with E-state index < -0.39 is 11.5 Å². The zero-order chi connectivity index (χ0) is 15.6. The van der Waals surface area contributed by atoms with E-state index >= 15 is 0 Å². The van der Waals surface area contributed by atoms with Crippen molar-refractivity contribution in [3.8, 4) is 11.5 Å². The molecular weight excluding hydrogens is 272 g/mol. The fraction of sp³-hybridized carbons (Fsp3) is 0.533. The number of rotatable bonds is 4. The molecule has 1 fully saturated rings. The molecule has 0 unspecified atom stereocenters. The van der Waals surface area contributed by atoms with Crippen LogP contribution in [-0.2, 0) is 9.53 Å². The molecule has 1 saturated heterocycles. The first kappa shape index (κ1) is 15.6. The van der Waals surface area contributed by atoms with Crippen LogP contribution in [0.1, 0.15) is 11.5 Å². The van der Waals surface area contributed by atoms with E-state index in [0.29, 0.717) is 24.6 Å². The van der Waals surface area contributed by atoms with Crippen LogP contribution in [0.2, 0.25) is 0 Å². The third-order valence-electron chi connectivity index (χ3n) is 3.99. The van der Waals surface area contributed by atoms with Crippen LogP contribution < -0.4 is 15.2 Å². The average Bonchev–Trinajstić information content (AvgIpc) is 2.81. The summed E-state index contributed by atoms with van der Waals surface area (Å²) in [7, 11) is 6.48. The normalized spacial score (nSPS) is 25.7. The van der Waals surface area contributed by atoms with Gasteiger partial charge in [0.25, 0.3) is 0 Å². The Morgan fingerprint density at radius 2 is 1.81 bits per heavy atom. The van der Waals surface area contributed by atoms with E-state index in [0.717, 1.165) is 5.56 Å². The molecule has 0 saturated carbocycles. The summed E-state index contributed by atoms with van der Waals surface area (Å²) in [4.78, 5) is 14.2. The van der Waals surface area contributed by atoms with Crippen molar-refractivity contribution in [2.75, 3.05) is 41.5 Å². The molecule has 116 valence electrons. The van der Waals surface area contributed by atoms with Crippen molar-refractivity contribution < 1.29 is 19.0 Å². The summed E-state index contributed by atoms with van der Waals surface area (Å²) in [5, 5.41) is 0. The van der Waals surface area contributed by atoms with Gasteiger partial charge in [0.2, 0.25) is 0 Å². The summed E-state index contributed by atoms with van der Waals surface area (Å²) in [6, 6.07) is 5.56. The molecule has 0 spiro atoms. The van der Waals surface area contributed by atoms with Crippen LogP contribution >= 0.6 is 0 Å². The molecule has 0 aliphatic carbocycles. The molecule has 2 N–H and O–H groups in total. The maximum Gasteiger partial charge on any atom is 0.327 e. The second-order valence-corrected chi connectivity index (χ2v) is 5.43. The summed E-state index contributed by atoms with van der Waals surface area (Å²) < 4.78 is 15.5. The lowest BCUT2D eigenvalue weighted by molar-refractivity contribution is -0.147. The van der Waals surface area contributed by atoms with Gasteiger partial charge in [0.1, 0.15) is 17.0 Å². The quantitative estimate of drug-likeness (QED) is 0.820. The molecule has 0 bridgehead atoms. The van der Waals surface area contributed by atoms with Crippen molar-refractivity contribution in [1.82, 2.24) is 4.90 Å². The number of nitrogens with two attached hydrogens (primary N) is 1. The van der Waals surface area contributed by atoms with Crippen LogP contribution in [0.25, 0.3) is 0 Å². The molecule has 2 atom stereocenters. The number of carbonyl (C=O) groups excluding carboxylic acids is 1. The van der Waals surface area contributed by atoms with Gasteiger partial charge in [-0.3, -0.25) is 0 Å². The zero-order valence-electron chi connectivity index (χ0n) is 12.9. The molecule has 1 aromatic carbocycles. The molecule has 1 aromatic rings. The Balaban J connectivity index is 2.45. The molecule has 6 nitrogen and oxygen atoms in total. The molecule has 0 amide bonds. The van der Waals surface area contributed by atoms with Gasteiger partial charge in [-0.1, -0.05) is 0 Å². The van der Waals surface area contributed by atoms with Crippen LogP contribution in [0.3, 0.4) is 0 Å². The molecule has 6 heteroatoms. The summed E-state index contributed by atoms with van der Waals surface area (Å²) in [5.41, 5.74) is 6.20. The number of methoxy groups -OCH3 is 3. The van der Waals surface area contributed by atoms with E-state index in [-0.39, 0.29) is 5.92 Å². The Morgan fingerprint density at radius 3 is 2.29 bits per heavy atom. The fourth-order valence-corrected chi connectivity index (χ4v) is 2.93. The minimum atomic E-state index is -1.07. The van der Waals surface area contributed by atoms with E-state index in [2.05, 4.69) is 0 Å². The van der Waals surface area contributed by atoms with Crippen molar-refractivity contribution in [3.05, 3.63) is 23.8 Å². The topological polar surface area (TPSA) is 74.0 Å². The second kappa shape index (κ2) is 5.91. The third kappa shape index (κ3) is 2.82. The first-order chi connectivity index (χ1) is 9.94. The molecule has 0 radical (unpaired) electrons. The number of likely N-dealkylation sites (tertiary alicyclic amines) is 1. The van der Waals surface area contributed by atoms with E-state index in [1.165, 1.54) is 7.11 Å². The maximum absolute atomic E-state index is 12.1. The van der Waals surface area contributed by atoms with Crippen LogP contribution in [0, 0.1) is 0 Å². The van der Waals surface area contributed by atoms with E-state index in [1.807, 2.05) is 24.1 Å². The number of ether oxygens (including phenoxy) is 3. The SMILES string of the molecule is COC(=O)[C@@]1(N)CN(C)C[C@H]1c1cc(OC)cc(OC)c1. The largest absolute Gasteiger partial charge is 0.497 e. The Hall–Kier alpha value is -1.79. The molecule has 0 aromatic heterocycles. The highest BCUT2D eigenvalue weighted by Crippen LogP contribution is 2.37. The number of benzene rings is 1. The number of hydrogen-bond acceptors (Lipinski definition) is 6. The van der Waals surface area contributed by atoms with Crippen LogP contribution in [0.4, 0.5) is 0 Å². The maximum atomic E-state index is 12.1.